The van der Waals surface area contributed by atoms with Crippen LogP contribution in [0, 0.1) is 11.3 Å². The largest absolute Gasteiger partial charge is 0.378 e. The Bertz CT molecular complexity index is 962. The second-order valence-electron chi connectivity index (χ2n) is 7.36. The molecule has 0 spiro atoms. The zero-order valence-corrected chi connectivity index (χ0v) is 15.5. The van der Waals surface area contributed by atoms with Gasteiger partial charge in [0.25, 0.3) is 0 Å². The molecular formula is C20H24N6O. The summed E-state index contributed by atoms with van der Waals surface area (Å²) >= 11 is 0. The van der Waals surface area contributed by atoms with Crippen LogP contribution in [-0.2, 0) is 5.54 Å². The number of fused-ring (bicyclic) bond motifs is 1. The highest BCUT2D eigenvalue weighted by molar-refractivity contribution is 5.92. The van der Waals surface area contributed by atoms with E-state index in [1.165, 1.54) is 0 Å². The fraction of sp³-hybridized carbons (Fsp3) is 0.450. The third kappa shape index (κ3) is 3.11. The van der Waals surface area contributed by atoms with Crippen molar-refractivity contribution < 1.29 is 5.11 Å². The van der Waals surface area contributed by atoms with Crippen LogP contribution in [0.1, 0.15) is 32.6 Å². The maximum atomic E-state index is 10.3. The Balaban J connectivity index is 1.58. The first-order chi connectivity index (χ1) is 13.2. The average molecular weight is 364 g/mol. The Kier molecular flexibility index (Phi) is 4.68. The summed E-state index contributed by atoms with van der Waals surface area (Å²) < 4.78 is 1.91. The number of H-pyrrole nitrogens is 1. The number of rotatable bonds is 7. The van der Waals surface area contributed by atoms with Gasteiger partial charge in [-0.05, 0) is 30.5 Å². The normalized spacial score (nSPS) is 17.5. The molecule has 7 nitrogen and oxygen atoms in total. The van der Waals surface area contributed by atoms with Crippen molar-refractivity contribution in [3.8, 4) is 17.2 Å². The molecule has 1 aliphatic heterocycles. The quantitative estimate of drug-likeness (QED) is 0.672. The molecule has 3 aromatic heterocycles. The van der Waals surface area contributed by atoms with Crippen molar-refractivity contribution in [1.29, 1.82) is 5.26 Å². The van der Waals surface area contributed by atoms with Crippen molar-refractivity contribution in [3.63, 3.8) is 0 Å². The molecule has 0 amide bonds. The first kappa shape index (κ1) is 17.7. The van der Waals surface area contributed by atoms with E-state index in [2.05, 4.69) is 28.1 Å². The number of hydrogen-bond donors (Lipinski definition) is 2. The number of aliphatic hydroxyl groups is 1. The molecule has 27 heavy (non-hydrogen) atoms. The van der Waals surface area contributed by atoms with Crippen LogP contribution >= 0.6 is 0 Å². The van der Waals surface area contributed by atoms with Crippen LogP contribution in [0.5, 0.6) is 0 Å². The highest BCUT2D eigenvalue weighted by Crippen LogP contribution is 2.36. The number of nitriles is 1. The molecule has 140 valence electrons. The Morgan fingerprint density at radius 1 is 1.41 bits per heavy atom. The van der Waals surface area contributed by atoms with Gasteiger partial charge in [0, 0.05) is 42.6 Å². The van der Waals surface area contributed by atoms with Crippen LogP contribution in [0.4, 0.5) is 0 Å². The van der Waals surface area contributed by atoms with E-state index < -0.39 is 6.23 Å². The summed E-state index contributed by atoms with van der Waals surface area (Å²) in [5, 5.41) is 25.3. The minimum atomic E-state index is -0.438. The van der Waals surface area contributed by atoms with Gasteiger partial charge in [-0.2, -0.15) is 10.4 Å². The first-order valence-electron chi connectivity index (χ1n) is 9.43. The summed E-state index contributed by atoms with van der Waals surface area (Å²) in [5.41, 5.74) is 2.55. The van der Waals surface area contributed by atoms with E-state index in [0.29, 0.717) is 19.5 Å². The number of nitrogens with one attached hydrogen (secondary N) is 1. The maximum absolute atomic E-state index is 10.3. The molecular weight excluding hydrogens is 340 g/mol. The average Bonchev–Trinajstić information content (AvgIpc) is 3.31. The molecule has 4 rings (SSSR count). The number of unbranched alkanes of at least 4 members (excludes halogenated alkanes) is 1. The summed E-state index contributed by atoms with van der Waals surface area (Å²) in [6.45, 7) is 3.40. The van der Waals surface area contributed by atoms with E-state index in [1.807, 2.05) is 40.3 Å². The van der Waals surface area contributed by atoms with E-state index in [1.54, 1.807) is 6.20 Å². The third-order valence-electron chi connectivity index (χ3n) is 5.48. The summed E-state index contributed by atoms with van der Waals surface area (Å²) in [5.74, 6) is 0. The lowest BCUT2D eigenvalue weighted by Gasteiger charge is -2.51. The Morgan fingerprint density at radius 3 is 3.04 bits per heavy atom. The summed E-state index contributed by atoms with van der Waals surface area (Å²) in [6.07, 6.45) is 10.3. The van der Waals surface area contributed by atoms with Gasteiger partial charge in [-0.15, -0.1) is 0 Å². The fourth-order valence-corrected chi connectivity index (χ4v) is 3.91. The van der Waals surface area contributed by atoms with Gasteiger partial charge in [0.1, 0.15) is 17.4 Å². The number of aromatic nitrogens is 4. The Hall–Kier alpha value is -2.69. The molecule has 1 saturated heterocycles. The van der Waals surface area contributed by atoms with Crippen LogP contribution in [0.25, 0.3) is 22.2 Å². The topological polar surface area (TPSA) is 93.8 Å². The number of nitrogens with zero attached hydrogens (tertiary/aromatic N) is 5. The Morgan fingerprint density at radius 2 is 2.26 bits per heavy atom. The number of hydrogen-bond acceptors (Lipinski definition) is 5. The van der Waals surface area contributed by atoms with Gasteiger partial charge in [-0.3, -0.25) is 9.58 Å². The molecule has 7 heteroatoms. The van der Waals surface area contributed by atoms with Crippen molar-refractivity contribution in [1.82, 2.24) is 24.6 Å². The van der Waals surface area contributed by atoms with Gasteiger partial charge in [-0.1, -0.05) is 13.3 Å². The summed E-state index contributed by atoms with van der Waals surface area (Å²) in [6, 6.07) is 6.29. The molecule has 2 N–H and O–H groups in total. The Labute approximate surface area is 158 Å². The second-order valence-corrected chi connectivity index (χ2v) is 7.36. The van der Waals surface area contributed by atoms with Crippen LogP contribution in [0.2, 0.25) is 0 Å². The van der Waals surface area contributed by atoms with E-state index in [9.17, 15) is 10.4 Å². The summed E-state index contributed by atoms with van der Waals surface area (Å²) in [4.78, 5) is 9.49. The van der Waals surface area contributed by atoms with E-state index in [4.69, 9.17) is 0 Å². The monoisotopic (exact) mass is 364 g/mol. The van der Waals surface area contributed by atoms with Gasteiger partial charge < -0.3 is 10.1 Å². The standard InChI is InChI=1S/C20H24N6O/c1-2-3-4-18(27)25-13-20(14-25,7-8-21)26-12-15(11-24-26)16-5-9-22-19-17(16)6-10-23-19/h5-6,9-12,18,27H,2-4,7,13-14H2,1H3,(H,22,23). The highest BCUT2D eigenvalue weighted by atomic mass is 16.3. The van der Waals surface area contributed by atoms with Gasteiger partial charge in [-0.25, -0.2) is 4.98 Å². The van der Waals surface area contributed by atoms with Gasteiger partial charge in [0.15, 0.2) is 0 Å². The predicted octanol–water partition coefficient (Wildman–Crippen LogP) is 2.86. The lowest BCUT2D eigenvalue weighted by Crippen LogP contribution is -2.65. The minimum absolute atomic E-state index is 0.371. The lowest BCUT2D eigenvalue weighted by atomic mass is 9.86. The van der Waals surface area contributed by atoms with Crippen LogP contribution < -0.4 is 0 Å². The van der Waals surface area contributed by atoms with E-state index >= 15 is 0 Å². The molecule has 1 fully saturated rings. The SMILES string of the molecule is CCCCC(O)N1CC(CC#N)(n2cc(-c3ccnc4[nH]ccc34)cn2)C1. The van der Waals surface area contributed by atoms with Gasteiger partial charge in [0.05, 0.1) is 18.7 Å². The molecule has 0 saturated carbocycles. The van der Waals surface area contributed by atoms with Crippen LogP contribution in [0.3, 0.4) is 0 Å². The lowest BCUT2D eigenvalue weighted by molar-refractivity contribution is -0.109. The van der Waals surface area contributed by atoms with Crippen molar-refractivity contribution in [2.24, 2.45) is 0 Å². The van der Waals surface area contributed by atoms with Gasteiger partial charge in [0.2, 0.25) is 0 Å². The molecule has 3 aromatic rings. The van der Waals surface area contributed by atoms with Crippen molar-refractivity contribution in [2.75, 3.05) is 13.1 Å². The predicted molar refractivity (Wildman–Crippen MR) is 103 cm³/mol. The van der Waals surface area contributed by atoms with Crippen LogP contribution in [-0.4, -0.2) is 49.1 Å². The molecule has 0 bridgehead atoms. The molecule has 1 atom stereocenters. The molecule has 0 aliphatic carbocycles. The van der Waals surface area contributed by atoms with Crippen molar-refractivity contribution in [2.45, 2.75) is 44.4 Å². The molecule has 1 unspecified atom stereocenters. The number of aliphatic hydroxyl groups excluding tert-OH is 1. The van der Waals surface area contributed by atoms with E-state index in [0.717, 1.165) is 41.4 Å². The number of likely N-dealkylation sites (tertiary alicyclic amines) is 1. The summed E-state index contributed by atoms with van der Waals surface area (Å²) in [7, 11) is 0. The van der Waals surface area contributed by atoms with Crippen molar-refractivity contribution in [3.05, 3.63) is 36.9 Å². The zero-order valence-electron chi connectivity index (χ0n) is 15.5. The fourth-order valence-electron chi connectivity index (χ4n) is 3.91. The minimum Gasteiger partial charge on any atom is -0.378 e. The molecule has 1 aliphatic rings. The van der Waals surface area contributed by atoms with Crippen molar-refractivity contribution >= 4 is 11.0 Å². The van der Waals surface area contributed by atoms with Crippen LogP contribution in [0.15, 0.2) is 36.9 Å². The zero-order chi connectivity index (χ0) is 18.9. The van der Waals surface area contributed by atoms with Gasteiger partial charge >= 0.3 is 0 Å². The number of aromatic amines is 1. The second kappa shape index (κ2) is 7.14. The molecule has 4 heterocycles. The smallest absolute Gasteiger partial charge is 0.137 e. The maximum Gasteiger partial charge on any atom is 0.137 e. The molecule has 0 radical (unpaired) electrons. The third-order valence-corrected chi connectivity index (χ3v) is 5.48. The van der Waals surface area contributed by atoms with E-state index in [-0.39, 0.29) is 5.54 Å². The highest BCUT2D eigenvalue weighted by Gasteiger charge is 2.47. The first-order valence-corrected chi connectivity index (χ1v) is 9.43. The number of pyridine rings is 1. The molecule has 0 aromatic carbocycles.